The maximum absolute atomic E-state index is 12.5. The Morgan fingerprint density at radius 1 is 1.57 bits per heavy atom. The highest BCUT2D eigenvalue weighted by Crippen LogP contribution is 2.26. The summed E-state index contributed by atoms with van der Waals surface area (Å²) < 4.78 is 12.5. The molecule has 0 radical (unpaired) electrons. The average Bonchev–Trinajstić information content (AvgIpc) is 2.48. The Hall–Kier alpha value is -1.45. The van der Waals surface area contributed by atoms with Gasteiger partial charge in [0.15, 0.2) is 0 Å². The van der Waals surface area contributed by atoms with E-state index < -0.39 is 5.95 Å². The molecule has 1 fully saturated rings. The van der Waals surface area contributed by atoms with Gasteiger partial charge in [0.25, 0.3) is 0 Å². The zero-order chi connectivity index (χ0) is 10.1. The van der Waals surface area contributed by atoms with Crippen LogP contribution in [0, 0.1) is 5.95 Å². The molecule has 0 aliphatic carbocycles. The first kappa shape index (κ1) is 9.12. The monoisotopic (exact) mass is 194 g/mol. The highest BCUT2D eigenvalue weighted by Gasteiger charge is 2.27. The van der Waals surface area contributed by atoms with Crippen molar-refractivity contribution in [3.8, 4) is 0 Å². The van der Waals surface area contributed by atoms with E-state index in [0.717, 1.165) is 5.56 Å². The van der Waals surface area contributed by atoms with Crippen molar-refractivity contribution in [1.29, 1.82) is 0 Å². The molecule has 0 bridgehead atoms. The molecule has 1 aromatic heterocycles. The number of hydrogen-bond donors (Lipinski definition) is 0. The van der Waals surface area contributed by atoms with Gasteiger partial charge in [0.05, 0.1) is 0 Å². The third-order valence-electron chi connectivity index (χ3n) is 2.56. The van der Waals surface area contributed by atoms with Crippen LogP contribution in [-0.4, -0.2) is 29.4 Å². The van der Waals surface area contributed by atoms with Gasteiger partial charge in [0.2, 0.25) is 11.9 Å². The maximum Gasteiger partial charge on any atom is 0.223 e. The molecule has 1 saturated heterocycles. The van der Waals surface area contributed by atoms with E-state index >= 15 is 0 Å². The Morgan fingerprint density at radius 2 is 2.36 bits per heavy atom. The van der Waals surface area contributed by atoms with Gasteiger partial charge in [-0.1, -0.05) is 6.07 Å². The van der Waals surface area contributed by atoms with Crippen molar-refractivity contribution in [2.45, 2.75) is 12.3 Å². The number of hydrogen-bond acceptors (Lipinski definition) is 2. The zero-order valence-corrected chi connectivity index (χ0v) is 7.90. The van der Waals surface area contributed by atoms with Crippen LogP contribution in [0.4, 0.5) is 4.39 Å². The molecular weight excluding hydrogens is 183 g/mol. The van der Waals surface area contributed by atoms with E-state index in [2.05, 4.69) is 4.98 Å². The number of likely N-dealkylation sites (tertiary alicyclic amines) is 1. The molecule has 0 saturated carbocycles. The van der Waals surface area contributed by atoms with Crippen LogP contribution in [0.15, 0.2) is 18.3 Å². The Morgan fingerprint density at radius 3 is 2.86 bits per heavy atom. The van der Waals surface area contributed by atoms with Gasteiger partial charge < -0.3 is 4.90 Å². The molecule has 0 unspecified atom stereocenters. The zero-order valence-electron chi connectivity index (χ0n) is 7.90. The Labute approximate surface area is 81.6 Å². The van der Waals surface area contributed by atoms with E-state index in [1.807, 2.05) is 0 Å². The van der Waals surface area contributed by atoms with Crippen molar-refractivity contribution in [2.75, 3.05) is 13.6 Å². The summed E-state index contributed by atoms with van der Waals surface area (Å²) in [6.45, 7) is 0.701. The summed E-state index contributed by atoms with van der Waals surface area (Å²) in [5, 5.41) is 0. The van der Waals surface area contributed by atoms with E-state index in [1.54, 1.807) is 18.0 Å². The summed E-state index contributed by atoms with van der Waals surface area (Å²) in [5.74, 6) is -0.175. The molecule has 3 nitrogen and oxygen atoms in total. The van der Waals surface area contributed by atoms with E-state index in [-0.39, 0.29) is 11.8 Å². The summed E-state index contributed by atoms with van der Waals surface area (Å²) in [7, 11) is 1.78. The predicted molar refractivity (Wildman–Crippen MR) is 49.2 cm³/mol. The van der Waals surface area contributed by atoms with Crippen molar-refractivity contribution in [1.82, 2.24) is 9.88 Å². The van der Waals surface area contributed by atoms with Crippen LogP contribution >= 0.6 is 0 Å². The Balaban J connectivity index is 2.17. The third kappa shape index (κ3) is 1.60. The highest BCUT2D eigenvalue weighted by molar-refractivity contribution is 5.79. The summed E-state index contributed by atoms with van der Waals surface area (Å²) in [5.41, 5.74) is 0.934. The van der Waals surface area contributed by atoms with Crippen molar-refractivity contribution in [2.24, 2.45) is 0 Å². The van der Waals surface area contributed by atoms with Gasteiger partial charge in [-0.25, -0.2) is 4.98 Å². The molecule has 0 N–H and O–H groups in total. The van der Waals surface area contributed by atoms with Crippen LogP contribution in [0.5, 0.6) is 0 Å². The van der Waals surface area contributed by atoms with E-state index in [9.17, 15) is 9.18 Å². The minimum absolute atomic E-state index is 0.138. The largest absolute Gasteiger partial charge is 0.345 e. The van der Waals surface area contributed by atoms with Gasteiger partial charge in [0.1, 0.15) is 0 Å². The molecule has 1 aromatic rings. The minimum Gasteiger partial charge on any atom is -0.345 e. The van der Waals surface area contributed by atoms with Crippen LogP contribution in [0.25, 0.3) is 0 Å². The first-order valence-electron chi connectivity index (χ1n) is 4.52. The molecule has 1 atom stereocenters. The van der Waals surface area contributed by atoms with Gasteiger partial charge in [-0.2, -0.15) is 4.39 Å². The van der Waals surface area contributed by atoms with Crippen molar-refractivity contribution >= 4 is 5.91 Å². The van der Waals surface area contributed by atoms with Crippen molar-refractivity contribution in [3.05, 3.63) is 29.8 Å². The molecule has 1 aliphatic rings. The molecule has 1 amide bonds. The van der Waals surface area contributed by atoms with Gasteiger partial charge in [-0.15, -0.1) is 0 Å². The number of aromatic nitrogens is 1. The molecule has 0 spiro atoms. The average molecular weight is 194 g/mol. The van der Waals surface area contributed by atoms with Gasteiger partial charge in [0, 0.05) is 32.1 Å². The van der Waals surface area contributed by atoms with Gasteiger partial charge >= 0.3 is 0 Å². The lowest BCUT2D eigenvalue weighted by molar-refractivity contribution is -0.126. The second-order valence-electron chi connectivity index (χ2n) is 3.59. The number of pyridine rings is 1. The lowest BCUT2D eigenvalue weighted by atomic mass is 10.0. The molecule has 74 valence electrons. The fraction of sp³-hybridized carbons (Fsp3) is 0.400. The van der Waals surface area contributed by atoms with E-state index in [4.69, 9.17) is 0 Å². The first-order chi connectivity index (χ1) is 6.66. The Bertz CT molecular complexity index is 350. The number of rotatable bonds is 1. The first-order valence-corrected chi connectivity index (χ1v) is 4.52. The van der Waals surface area contributed by atoms with E-state index in [0.29, 0.717) is 13.0 Å². The quantitative estimate of drug-likeness (QED) is 0.629. The minimum atomic E-state index is -0.480. The van der Waals surface area contributed by atoms with Crippen LogP contribution in [0.3, 0.4) is 0 Å². The molecular formula is C10H11FN2O. The van der Waals surface area contributed by atoms with Crippen LogP contribution < -0.4 is 0 Å². The predicted octanol–water partition coefficient (Wildman–Crippen LogP) is 1.17. The second-order valence-corrected chi connectivity index (χ2v) is 3.59. The summed E-state index contributed by atoms with van der Waals surface area (Å²) >= 11 is 0. The number of likely N-dealkylation sites (N-methyl/N-ethyl adjacent to an activating group) is 1. The van der Waals surface area contributed by atoms with Crippen molar-refractivity contribution in [3.63, 3.8) is 0 Å². The lowest BCUT2D eigenvalue weighted by Crippen LogP contribution is -2.18. The smallest absolute Gasteiger partial charge is 0.223 e. The molecule has 4 heteroatoms. The third-order valence-corrected chi connectivity index (χ3v) is 2.56. The summed E-state index contributed by atoms with van der Waals surface area (Å²) in [6, 6.07) is 3.03. The number of nitrogens with zero attached hydrogens (tertiary/aromatic N) is 2. The summed E-state index contributed by atoms with van der Waals surface area (Å²) in [4.78, 5) is 16.5. The standard InChI is InChI=1S/C10H11FN2O/c1-13-6-8(4-10(13)14)7-2-3-9(11)12-5-7/h2-3,5,8H,4,6H2,1H3/t8-/m1/s1. The highest BCUT2D eigenvalue weighted by atomic mass is 19.1. The fourth-order valence-corrected chi connectivity index (χ4v) is 1.72. The van der Waals surface area contributed by atoms with Gasteiger partial charge in [-0.3, -0.25) is 4.79 Å². The summed E-state index contributed by atoms with van der Waals surface area (Å²) in [6.07, 6.45) is 2.01. The van der Waals surface area contributed by atoms with Crippen LogP contribution in [-0.2, 0) is 4.79 Å². The number of halogens is 1. The van der Waals surface area contributed by atoms with Crippen LogP contribution in [0.1, 0.15) is 17.9 Å². The Kier molecular flexibility index (Phi) is 2.19. The number of carbonyl (C=O) groups excluding carboxylic acids is 1. The number of carbonyl (C=O) groups is 1. The molecule has 2 heterocycles. The fourth-order valence-electron chi connectivity index (χ4n) is 1.72. The maximum atomic E-state index is 12.5. The lowest BCUT2D eigenvalue weighted by Gasteiger charge is -2.09. The SMILES string of the molecule is CN1C[C@H](c2ccc(F)nc2)CC1=O. The second kappa shape index (κ2) is 3.36. The molecule has 14 heavy (non-hydrogen) atoms. The van der Waals surface area contributed by atoms with Gasteiger partial charge in [-0.05, 0) is 11.6 Å². The van der Waals surface area contributed by atoms with Crippen LogP contribution in [0.2, 0.25) is 0 Å². The number of amides is 1. The van der Waals surface area contributed by atoms with E-state index in [1.165, 1.54) is 12.3 Å². The van der Waals surface area contributed by atoms with Crippen molar-refractivity contribution < 1.29 is 9.18 Å². The molecule has 1 aliphatic heterocycles. The molecule has 0 aromatic carbocycles. The molecule has 2 rings (SSSR count). The topological polar surface area (TPSA) is 33.2 Å². The normalized spacial score (nSPS) is 21.7.